The summed E-state index contributed by atoms with van der Waals surface area (Å²) in [6.45, 7) is 4.55. The molecular formula is C27H26N4OS. The predicted molar refractivity (Wildman–Crippen MR) is 134 cm³/mol. The summed E-state index contributed by atoms with van der Waals surface area (Å²) in [5.74, 6) is 0.194. The van der Waals surface area contributed by atoms with Crippen molar-refractivity contribution in [3.8, 4) is 22.5 Å². The fourth-order valence-electron chi connectivity index (χ4n) is 3.46. The van der Waals surface area contributed by atoms with Gasteiger partial charge in [0.25, 0.3) is 0 Å². The smallest absolute Gasteiger partial charge is 0.233 e. The topological polar surface area (TPSA) is 67.8 Å². The van der Waals surface area contributed by atoms with E-state index in [2.05, 4.69) is 34.6 Å². The second kappa shape index (κ2) is 10.9. The molecule has 0 aliphatic heterocycles. The first-order valence-corrected chi connectivity index (χ1v) is 11.8. The van der Waals surface area contributed by atoms with Crippen LogP contribution in [0.15, 0.2) is 96.2 Å². The third-order valence-electron chi connectivity index (χ3n) is 5.36. The number of hydrogen-bond donors (Lipinski definition) is 1. The van der Waals surface area contributed by atoms with Crippen molar-refractivity contribution in [3.05, 3.63) is 96.6 Å². The third kappa shape index (κ3) is 5.84. The quantitative estimate of drug-likeness (QED) is 0.351. The Morgan fingerprint density at radius 3 is 1.94 bits per heavy atom. The van der Waals surface area contributed by atoms with Crippen molar-refractivity contribution in [1.29, 1.82) is 0 Å². The summed E-state index contributed by atoms with van der Waals surface area (Å²) in [5.41, 5.74) is 4.59. The molecule has 0 aliphatic carbocycles. The van der Waals surface area contributed by atoms with Gasteiger partial charge in [-0.2, -0.15) is 0 Å². The van der Waals surface area contributed by atoms with E-state index >= 15 is 0 Å². The Labute approximate surface area is 198 Å². The molecule has 0 aliphatic rings. The number of thioether (sulfide) groups is 1. The first kappa shape index (κ1) is 22.7. The highest BCUT2D eigenvalue weighted by Crippen LogP contribution is 2.30. The van der Waals surface area contributed by atoms with Gasteiger partial charge in [-0.25, -0.2) is 4.98 Å². The molecule has 2 atom stereocenters. The van der Waals surface area contributed by atoms with E-state index in [0.717, 1.165) is 22.5 Å². The number of nitrogens with one attached hydrogen (secondary N) is 1. The van der Waals surface area contributed by atoms with Gasteiger partial charge in [-0.3, -0.25) is 4.79 Å². The molecule has 3 aromatic carbocycles. The van der Waals surface area contributed by atoms with E-state index in [1.807, 2.05) is 85.8 Å². The highest BCUT2D eigenvalue weighted by molar-refractivity contribution is 8.00. The minimum Gasteiger partial charge on any atom is -0.355 e. The number of hydrogen-bond acceptors (Lipinski definition) is 5. The summed E-state index contributed by atoms with van der Waals surface area (Å²) in [5, 5.41) is 12.0. The predicted octanol–water partition coefficient (Wildman–Crippen LogP) is 5.61. The second-order valence-electron chi connectivity index (χ2n) is 7.84. The Kier molecular flexibility index (Phi) is 7.47. The van der Waals surface area contributed by atoms with Crippen molar-refractivity contribution in [2.24, 2.45) is 0 Å². The lowest BCUT2D eigenvalue weighted by Gasteiger charge is -2.16. The van der Waals surface area contributed by atoms with Crippen molar-refractivity contribution in [1.82, 2.24) is 20.5 Å². The fraction of sp³-hybridized carbons (Fsp3) is 0.185. The van der Waals surface area contributed by atoms with Crippen LogP contribution in [0.5, 0.6) is 0 Å². The van der Waals surface area contributed by atoms with E-state index in [1.165, 1.54) is 17.3 Å². The van der Waals surface area contributed by atoms with Gasteiger partial charge in [0, 0.05) is 17.7 Å². The Morgan fingerprint density at radius 1 is 0.788 bits per heavy atom. The average Bonchev–Trinajstić information content (AvgIpc) is 2.88. The number of carbonyl (C=O) groups is 1. The highest BCUT2D eigenvalue weighted by atomic mass is 32.2. The second-order valence-corrected chi connectivity index (χ2v) is 9.15. The van der Waals surface area contributed by atoms with Crippen molar-refractivity contribution >= 4 is 17.7 Å². The van der Waals surface area contributed by atoms with Crippen molar-refractivity contribution in [2.45, 2.75) is 30.2 Å². The number of nitrogens with zero attached hydrogens (tertiary/aromatic N) is 3. The fourth-order valence-corrected chi connectivity index (χ4v) is 4.20. The maximum atomic E-state index is 12.7. The molecule has 6 heteroatoms. The van der Waals surface area contributed by atoms with Gasteiger partial charge < -0.3 is 5.32 Å². The lowest BCUT2D eigenvalue weighted by Crippen LogP contribution is -2.33. The van der Waals surface area contributed by atoms with Crippen LogP contribution in [0.2, 0.25) is 0 Å². The molecule has 0 fully saturated rings. The van der Waals surface area contributed by atoms with Gasteiger partial charge in [0.05, 0.1) is 5.25 Å². The van der Waals surface area contributed by atoms with E-state index in [-0.39, 0.29) is 17.1 Å². The van der Waals surface area contributed by atoms with Gasteiger partial charge in [0.2, 0.25) is 11.1 Å². The van der Waals surface area contributed by atoms with E-state index in [1.54, 1.807) is 0 Å². The number of carbonyl (C=O) groups excluding carboxylic acids is 1. The Hall–Kier alpha value is -3.51. The zero-order valence-corrected chi connectivity index (χ0v) is 19.5. The molecule has 5 nitrogen and oxygen atoms in total. The van der Waals surface area contributed by atoms with Gasteiger partial charge in [0.15, 0.2) is 0 Å². The standard InChI is InChI=1S/C27H26N4OS/c1-19(21-12-6-3-7-13-21)18-28-26(32)20(2)33-27-29-24(22-14-8-4-9-15-22)25(30-31-27)23-16-10-5-11-17-23/h3-17,19-20H,18H2,1-2H3,(H,28,32). The molecule has 1 heterocycles. The van der Waals surface area contributed by atoms with E-state index in [4.69, 9.17) is 4.98 Å². The van der Waals surface area contributed by atoms with Gasteiger partial charge in [0.1, 0.15) is 11.4 Å². The molecule has 166 valence electrons. The van der Waals surface area contributed by atoms with Gasteiger partial charge >= 0.3 is 0 Å². The zero-order chi connectivity index (χ0) is 23.0. The molecular weight excluding hydrogens is 428 g/mol. The molecule has 0 bridgehead atoms. The molecule has 1 amide bonds. The van der Waals surface area contributed by atoms with Crippen LogP contribution >= 0.6 is 11.8 Å². The molecule has 0 saturated carbocycles. The van der Waals surface area contributed by atoms with Crippen molar-refractivity contribution < 1.29 is 4.79 Å². The Balaban J connectivity index is 1.49. The van der Waals surface area contributed by atoms with Crippen LogP contribution in [0.1, 0.15) is 25.3 Å². The van der Waals surface area contributed by atoms with Crippen LogP contribution in [-0.2, 0) is 4.79 Å². The van der Waals surface area contributed by atoms with Crippen LogP contribution in [0.4, 0.5) is 0 Å². The lowest BCUT2D eigenvalue weighted by atomic mass is 10.0. The van der Waals surface area contributed by atoms with E-state index < -0.39 is 0 Å². The maximum Gasteiger partial charge on any atom is 0.233 e. The van der Waals surface area contributed by atoms with Gasteiger partial charge in [-0.05, 0) is 18.4 Å². The third-order valence-corrected chi connectivity index (χ3v) is 6.32. The molecule has 0 radical (unpaired) electrons. The largest absolute Gasteiger partial charge is 0.355 e. The zero-order valence-electron chi connectivity index (χ0n) is 18.7. The van der Waals surface area contributed by atoms with E-state index in [9.17, 15) is 4.79 Å². The SMILES string of the molecule is CC(Sc1nnc(-c2ccccc2)c(-c2ccccc2)n1)C(=O)NCC(C)c1ccccc1. The maximum absolute atomic E-state index is 12.7. The molecule has 33 heavy (non-hydrogen) atoms. The number of rotatable bonds is 8. The molecule has 4 rings (SSSR count). The average molecular weight is 455 g/mol. The summed E-state index contributed by atoms with van der Waals surface area (Å²) >= 11 is 1.32. The summed E-state index contributed by atoms with van der Waals surface area (Å²) in [4.78, 5) is 17.5. The first-order chi connectivity index (χ1) is 16.1. The summed E-state index contributed by atoms with van der Waals surface area (Å²) in [7, 11) is 0. The summed E-state index contributed by atoms with van der Waals surface area (Å²) in [6, 6.07) is 30.0. The van der Waals surface area contributed by atoms with Crippen LogP contribution in [0.25, 0.3) is 22.5 Å². The summed E-state index contributed by atoms with van der Waals surface area (Å²) in [6.07, 6.45) is 0. The van der Waals surface area contributed by atoms with Crippen molar-refractivity contribution in [3.63, 3.8) is 0 Å². The minimum atomic E-state index is -0.346. The monoisotopic (exact) mass is 454 g/mol. The first-order valence-electron chi connectivity index (χ1n) is 11.0. The highest BCUT2D eigenvalue weighted by Gasteiger charge is 2.19. The minimum absolute atomic E-state index is 0.0419. The Morgan fingerprint density at radius 2 is 1.33 bits per heavy atom. The lowest BCUT2D eigenvalue weighted by molar-refractivity contribution is -0.120. The van der Waals surface area contributed by atoms with Crippen LogP contribution in [0.3, 0.4) is 0 Å². The molecule has 0 saturated heterocycles. The normalized spacial score (nSPS) is 12.7. The molecule has 4 aromatic rings. The molecule has 1 aromatic heterocycles. The number of amides is 1. The van der Waals surface area contributed by atoms with Crippen LogP contribution in [0, 0.1) is 0 Å². The number of aromatic nitrogens is 3. The number of benzene rings is 3. The Bertz CT molecular complexity index is 1190. The van der Waals surface area contributed by atoms with Gasteiger partial charge in [-0.1, -0.05) is 110 Å². The van der Waals surface area contributed by atoms with Crippen molar-refractivity contribution in [2.75, 3.05) is 6.54 Å². The summed E-state index contributed by atoms with van der Waals surface area (Å²) < 4.78 is 0. The molecule has 1 N–H and O–H groups in total. The molecule has 0 spiro atoms. The van der Waals surface area contributed by atoms with Crippen LogP contribution < -0.4 is 5.32 Å². The van der Waals surface area contributed by atoms with Gasteiger partial charge in [-0.15, -0.1) is 10.2 Å². The van der Waals surface area contributed by atoms with Crippen LogP contribution in [-0.4, -0.2) is 32.9 Å². The van der Waals surface area contributed by atoms with E-state index in [0.29, 0.717) is 11.7 Å². The molecule has 2 unspecified atom stereocenters.